The summed E-state index contributed by atoms with van der Waals surface area (Å²) < 4.78 is 24.5. The molecule has 0 unspecified atom stereocenters. The molecule has 0 saturated heterocycles. The van der Waals surface area contributed by atoms with E-state index in [4.69, 9.17) is 18.0 Å². The van der Waals surface area contributed by atoms with Crippen molar-refractivity contribution in [3.63, 3.8) is 0 Å². The van der Waals surface area contributed by atoms with Crippen LogP contribution in [0, 0.1) is 0 Å². The molecule has 2 rings (SSSR count). The van der Waals surface area contributed by atoms with Crippen molar-refractivity contribution in [2.75, 3.05) is 26.4 Å². The fourth-order valence-corrected chi connectivity index (χ4v) is 7.91. The molecule has 1 saturated carbocycles. The highest BCUT2D eigenvalue weighted by Gasteiger charge is 2.39. The zero-order valence-electron chi connectivity index (χ0n) is 22.1. The largest absolute Gasteiger partial charge is 0.501 e. The molecule has 4 nitrogen and oxygen atoms in total. The van der Waals surface area contributed by atoms with Crippen molar-refractivity contribution in [3.8, 4) is 5.75 Å². The predicted octanol–water partition coefficient (Wildman–Crippen LogP) is 8.24. The van der Waals surface area contributed by atoms with Crippen molar-refractivity contribution in [1.82, 2.24) is 0 Å². The highest BCUT2D eigenvalue weighted by Crippen LogP contribution is 2.40. The van der Waals surface area contributed by atoms with Crippen LogP contribution in [0.25, 0.3) is 0 Å². The summed E-state index contributed by atoms with van der Waals surface area (Å²) in [5, 5.41) is 0. The summed E-state index contributed by atoms with van der Waals surface area (Å²) in [4.78, 5) is 0. The van der Waals surface area contributed by atoms with E-state index in [0.29, 0.717) is 38.3 Å². The Bertz CT molecular complexity index is 622. The summed E-state index contributed by atoms with van der Waals surface area (Å²) in [5.74, 6) is 2.40. The van der Waals surface area contributed by atoms with E-state index < -0.39 is 8.80 Å². The molecule has 1 aliphatic carbocycles. The van der Waals surface area contributed by atoms with E-state index in [0.717, 1.165) is 18.2 Å². The number of hydrogen-bond donors (Lipinski definition) is 0. The van der Waals surface area contributed by atoms with Gasteiger partial charge in [-0.3, -0.25) is 0 Å². The molecule has 190 valence electrons. The van der Waals surface area contributed by atoms with Crippen LogP contribution in [0.4, 0.5) is 0 Å². The minimum absolute atomic E-state index is 0.622. The van der Waals surface area contributed by atoms with Crippen LogP contribution in [0.15, 0.2) is 18.2 Å². The van der Waals surface area contributed by atoms with E-state index >= 15 is 0 Å². The molecule has 0 amide bonds. The predicted molar refractivity (Wildman–Crippen MR) is 140 cm³/mol. The fourth-order valence-electron chi connectivity index (χ4n) is 5.33. The van der Waals surface area contributed by atoms with Crippen molar-refractivity contribution in [2.24, 2.45) is 0 Å². The molecule has 0 spiro atoms. The summed E-state index contributed by atoms with van der Waals surface area (Å²) in [6.07, 6.45) is 12.6. The van der Waals surface area contributed by atoms with Gasteiger partial charge in [0, 0.05) is 25.9 Å². The van der Waals surface area contributed by atoms with Crippen LogP contribution in [0.5, 0.6) is 5.75 Å². The van der Waals surface area contributed by atoms with Gasteiger partial charge in [0.25, 0.3) is 0 Å². The lowest BCUT2D eigenvalue weighted by Crippen LogP contribution is -2.46. The second-order valence-electron chi connectivity index (χ2n) is 9.34. The maximum Gasteiger partial charge on any atom is 0.501 e. The van der Waals surface area contributed by atoms with Crippen LogP contribution in [0.3, 0.4) is 0 Å². The Labute approximate surface area is 205 Å². The molecule has 0 aromatic heterocycles. The third-order valence-corrected chi connectivity index (χ3v) is 9.95. The summed E-state index contributed by atoms with van der Waals surface area (Å²) in [6, 6.07) is 7.89. The van der Waals surface area contributed by atoms with E-state index in [1.165, 1.54) is 68.9 Å². The Hall–Kier alpha value is -0.883. The SMILES string of the molecule is CCCC(CCC)c1ccc(OCCC[Si](OCC)(OCC)OCC)c(C2CCCCC2)c1. The Morgan fingerprint density at radius 3 is 2.00 bits per heavy atom. The van der Waals surface area contributed by atoms with Gasteiger partial charge in [-0.25, -0.2) is 0 Å². The number of rotatable bonds is 17. The van der Waals surface area contributed by atoms with Gasteiger partial charge in [0.1, 0.15) is 5.75 Å². The average Bonchev–Trinajstić information content (AvgIpc) is 2.83. The fraction of sp³-hybridized carbons (Fsp3) is 0.786. The Morgan fingerprint density at radius 2 is 1.45 bits per heavy atom. The van der Waals surface area contributed by atoms with Gasteiger partial charge in [-0.2, -0.15) is 0 Å². The molecule has 1 aromatic carbocycles. The number of hydrogen-bond acceptors (Lipinski definition) is 4. The molecule has 0 N–H and O–H groups in total. The molecule has 5 heteroatoms. The van der Waals surface area contributed by atoms with Gasteiger partial charge in [-0.05, 0) is 81.9 Å². The van der Waals surface area contributed by atoms with Crippen molar-refractivity contribution in [2.45, 2.75) is 117 Å². The minimum atomic E-state index is -2.60. The Kier molecular flexibility index (Phi) is 13.7. The normalized spacial score (nSPS) is 15.3. The van der Waals surface area contributed by atoms with Gasteiger partial charge >= 0.3 is 8.80 Å². The summed E-state index contributed by atoms with van der Waals surface area (Å²) in [6.45, 7) is 13.2. The molecule has 0 bridgehead atoms. The number of benzene rings is 1. The van der Waals surface area contributed by atoms with E-state index in [9.17, 15) is 0 Å². The van der Waals surface area contributed by atoms with E-state index in [1.807, 2.05) is 20.8 Å². The molecule has 0 heterocycles. The highest BCUT2D eigenvalue weighted by atomic mass is 28.4. The zero-order valence-corrected chi connectivity index (χ0v) is 23.1. The first-order chi connectivity index (χ1) is 16.1. The lowest BCUT2D eigenvalue weighted by atomic mass is 9.81. The average molecular weight is 479 g/mol. The second kappa shape index (κ2) is 15.9. The minimum Gasteiger partial charge on any atom is -0.493 e. The lowest BCUT2D eigenvalue weighted by molar-refractivity contribution is 0.0696. The molecule has 1 aliphatic rings. The van der Waals surface area contributed by atoms with Gasteiger partial charge in [0.2, 0.25) is 0 Å². The monoisotopic (exact) mass is 478 g/mol. The van der Waals surface area contributed by atoms with Crippen LogP contribution in [0.2, 0.25) is 6.04 Å². The topological polar surface area (TPSA) is 36.9 Å². The second-order valence-corrected chi connectivity index (χ2v) is 12.1. The van der Waals surface area contributed by atoms with E-state index in [2.05, 4.69) is 32.0 Å². The lowest BCUT2D eigenvalue weighted by Gasteiger charge is -2.29. The first kappa shape index (κ1) is 28.4. The standard InChI is InChI=1S/C28H50O4Si/c1-6-15-24(16-7-2)26-19-20-28(27(23-26)25-17-12-11-13-18-25)29-21-14-22-33(30-8-3,31-9-4)32-10-5/h19-20,23-25H,6-18,21-22H2,1-5H3. The summed E-state index contributed by atoms with van der Waals surface area (Å²) >= 11 is 0. The summed E-state index contributed by atoms with van der Waals surface area (Å²) in [5.41, 5.74) is 2.97. The van der Waals surface area contributed by atoms with Crippen molar-refractivity contribution < 1.29 is 18.0 Å². The first-order valence-electron chi connectivity index (χ1n) is 13.8. The maximum absolute atomic E-state index is 6.43. The van der Waals surface area contributed by atoms with Crippen LogP contribution >= 0.6 is 0 Å². The molecule has 0 radical (unpaired) electrons. The van der Waals surface area contributed by atoms with Crippen molar-refractivity contribution >= 4 is 8.80 Å². The van der Waals surface area contributed by atoms with Crippen LogP contribution < -0.4 is 4.74 Å². The third kappa shape index (κ3) is 9.01. The molecule has 1 aromatic rings. The van der Waals surface area contributed by atoms with Gasteiger partial charge < -0.3 is 18.0 Å². The summed E-state index contributed by atoms with van der Waals surface area (Å²) in [7, 11) is -2.60. The molecular formula is C28H50O4Si. The van der Waals surface area contributed by atoms with Crippen LogP contribution in [-0.4, -0.2) is 35.2 Å². The zero-order chi connectivity index (χ0) is 23.9. The molecular weight excluding hydrogens is 428 g/mol. The quantitative estimate of drug-likeness (QED) is 0.167. The Morgan fingerprint density at radius 1 is 0.848 bits per heavy atom. The Balaban J connectivity index is 2.12. The van der Waals surface area contributed by atoms with Gasteiger partial charge in [0.15, 0.2) is 0 Å². The van der Waals surface area contributed by atoms with Gasteiger partial charge in [-0.1, -0.05) is 58.1 Å². The molecule has 0 aliphatic heterocycles. The molecule has 1 fully saturated rings. The van der Waals surface area contributed by atoms with Crippen molar-refractivity contribution in [3.05, 3.63) is 29.3 Å². The maximum atomic E-state index is 6.43. The highest BCUT2D eigenvalue weighted by molar-refractivity contribution is 6.60. The van der Waals surface area contributed by atoms with Crippen LogP contribution in [0.1, 0.15) is 122 Å². The van der Waals surface area contributed by atoms with Gasteiger partial charge in [-0.15, -0.1) is 0 Å². The van der Waals surface area contributed by atoms with Crippen LogP contribution in [-0.2, 0) is 13.3 Å². The molecule has 0 atom stereocenters. The number of ether oxygens (including phenoxy) is 1. The van der Waals surface area contributed by atoms with E-state index in [-0.39, 0.29) is 0 Å². The third-order valence-electron chi connectivity index (χ3n) is 6.80. The first-order valence-corrected chi connectivity index (χ1v) is 15.7. The van der Waals surface area contributed by atoms with Crippen molar-refractivity contribution in [1.29, 1.82) is 0 Å². The van der Waals surface area contributed by atoms with E-state index in [1.54, 1.807) is 0 Å². The molecule has 33 heavy (non-hydrogen) atoms. The smallest absolute Gasteiger partial charge is 0.493 e. The van der Waals surface area contributed by atoms with Gasteiger partial charge in [0.05, 0.1) is 6.61 Å².